The smallest absolute Gasteiger partial charge is 0.291 e. The summed E-state index contributed by atoms with van der Waals surface area (Å²) in [5.41, 5.74) is 6.17. The molecule has 8 heteroatoms. The number of aromatic nitrogens is 2. The molecule has 0 unspecified atom stereocenters. The van der Waals surface area contributed by atoms with E-state index in [2.05, 4.69) is 21.0 Å². The van der Waals surface area contributed by atoms with E-state index < -0.39 is 11.8 Å². The summed E-state index contributed by atoms with van der Waals surface area (Å²) in [6.45, 7) is 0. The average molecular weight is 393 g/mol. The molecule has 4 rings (SSSR count). The van der Waals surface area contributed by atoms with Crippen LogP contribution in [-0.4, -0.2) is 22.0 Å². The van der Waals surface area contributed by atoms with Crippen LogP contribution in [0.2, 0.25) is 5.02 Å². The molecule has 0 spiro atoms. The number of pyridine rings is 1. The Hall–Kier alpha value is -3.71. The Balaban J connectivity index is 1.43. The first-order valence-electron chi connectivity index (χ1n) is 8.29. The summed E-state index contributed by atoms with van der Waals surface area (Å²) < 4.78 is 5.17. The lowest BCUT2D eigenvalue weighted by atomic mass is 10.1. The molecular weight excluding hydrogens is 380 g/mol. The van der Waals surface area contributed by atoms with E-state index in [1.165, 1.54) is 6.07 Å². The van der Waals surface area contributed by atoms with Gasteiger partial charge in [0.15, 0.2) is 11.5 Å². The van der Waals surface area contributed by atoms with Gasteiger partial charge in [-0.05, 0) is 24.3 Å². The third-order valence-corrected chi connectivity index (χ3v) is 4.21. The molecule has 2 heterocycles. The Morgan fingerprint density at radius 1 is 0.857 bits per heavy atom. The number of benzene rings is 2. The summed E-state index contributed by atoms with van der Waals surface area (Å²) in [4.78, 5) is 28.7. The summed E-state index contributed by atoms with van der Waals surface area (Å²) in [5.74, 6) is -0.779. The fourth-order valence-electron chi connectivity index (χ4n) is 2.59. The predicted molar refractivity (Wildman–Crippen MR) is 104 cm³/mol. The molecule has 0 radical (unpaired) electrons. The second-order valence-corrected chi connectivity index (χ2v) is 6.32. The molecule has 0 bridgehead atoms. The third kappa shape index (κ3) is 3.70. The molecule has 2 amide bonds. The molecule has 7 nitrogen and oxygen atoms in total. The maximum Gasteiger partial charge on any atom is 0.291 e. The van der Waals surface area contributed by atoms with Crippen molar-refractivity contribution in [1.29, 1.82) is 0 Å². The first-order chi connectivity index (χ1) is 13.6. The van der Waals surface area contributed by atoms with Crippen LogP contribution in [0.4, 0.5) is 0 Å². The molecule has 0 saturated carbocycles. The minimum Gasteiger partial charge on any atom is -0.355 e. The summed E-state index contributed by atoms with van der Waals surface area (Å²) in [5, 5.41) is 5.17. The number of carbonyl (C=O) groups excluding carboxylic acids is 2. The van der Waals surface area contributed by atoms with Crippen molar-refractivity contribution in [3.8, 4) is 11.3 Å². The highest BCUT2D eigenvalue weighted by Gasteiger charge is 2.15. The molecule has 2 N–H and O–H groups in total. The van der Waals surface area contributed by atoms with Crippen LogP contribution in [0.5, 0.6) is 0 Å². The molecule has 2 aromatic carbocycles. The molecule has 0 saturated heterocycles. The monoisotopic (exact) mass is 392 g/mol. The molecule has 2 aromatic heterocycles. The normalized spacial score (nSPS) is 10.6. The fraction of sp³-hybridized carbons (Fsp3) is 0. The second-order valence-electron chi connectivity index (χ2n) is 5.88. The van der Waals surface area contributed by atoms with Gasteiger partial charge in [-0.25, -0.2) is 4.98 Å². The molecule has 0 aliphatic carbocycles. The van der Waals surface area contributed by atoms with Gasteiger partial charge in [-0.2, -0.15) is 0 Å². The predicted octanol–water partition coefficient (Wildman–Crippen LogP) is 3.62. The van der Waals surface area contributed by atoms with E-state index in [9.17, 15) is 9.59 Å². The van der Waals surface area contributed by atoms with E-state index >= 15 is 0 Å². The number of hydrazine groups is 1. The summed E-state index contributed by atoms with van der Waals surface area (Å²) in [7, 11) is 0. The van der Waals surface area contributed by atoms with Gasteiger partial charge in [0, 0.05) is 22.0 Å². The van der Waals surface area contributed by atoms with Crippen molar-refractivity contribution >= 4 is 34.3 Å². The Bertz CT molecular complexity index is 1190. The number of para-hydroxylation sites is 1. The Labute approximate surface area is 164 Å². The van der Waals surface area contributed by atoms with Crippen molar-refractivity contribution in [3.63, 3.8) is 0 Å². The Morgan fingerprint density at radius 3 is 2.46 bits per heavy atom. The third-order valence-electron chi connectivity index (χ3n) is 3.97. The number of nitrogens with zero attached hydrogens (tertiary/aromatic N) is 2. The summed E-state index contributed by atoms with van der Waals surface area (Å²) >= 11 is 5.95. The van der Waals surface area contributed by atoms with Crippen molar-refractivity contribution in [3.05, 3.63) is 83.1 Å². The topological polar surface area (TPSA) is 97.1 Å². The highest BCUT2D eigenvalue weighted by molar-refractivity contribution is 6.30. The number of halogens is 1. The zero-order chi connectivity index (χ0) is 19.5. The molecule has 138 valence electrons. The molecule has 0 fully saturated rings. The Morgan fingerprint density at radius 2 is 1.64 bits per heavy atom. The van der Waals surface area contributed by atoms with Gasteiger partial charge in [-0.3, -0.25) is 20.4 Å². The van der Waals surface area contributed by atoms with Crippen LogP contribution in [0.15, 0.2) is 71.3 Å². The highest BCUT2D eigenvalue weighted by atomic mass is 35.5. The summed E-state index contributed by atoms with van der Waals surface area (Å²) in [6, 6.07) is 19.2. The average Bonchev–Trinajstić information content (AvgIpc) is 3.22. The van der Waals surface area contributed by atoms with Crippen molar-refractivity contribution in [2.75, 3.05) is 0 Å². The quantitative estimate of drug-likeness (QED) is 0.519. The van der Waals surface area contributed by atoms with Crippen LogP contribution < -0.4 is 10.9 Å². The summed E-state index contributed by atoms with van der Waals surface area (Å²) in [6.07, 6.45) is 0. The van der Waals surface area contributed by atoms with Crippen LogP contribution in [-0.2, 0) is 0 Å². The fourth-order valence-corrected chi connectivity index (χ4v) is 2.78. The van der Waals surface area contributed by atoms with E-state index in [0.29, 0.717) is 21.9 Å². The van der Waals surface area contributed by atoms with Gasteiger partial charge in [0.25, 0.3) is 11.8 Å². The number of nitrogens with one attached hydrogen (secondary N) is 2. The maximum atomic E-state index is 12.2. The second kappa shape index (κ2) is 7.50. The van der Waals surface area contributed by atoms with Gasteiger partial charge in [0.1, 0.15) is 5.69 Å². The molecule has 0 aliphatic heterocycles. The van der Waals surface area contributed by atoms with Gasteiger partial charge in [-0.1, -0.05) is 53.2 Å². The van der Waals surface area contributed by atoms with Gasteiger partial charge in [0.05, 0.1) is 5.52 Å². The van der Waals surface area contributed by atoms with Crippen molar-refractivity contribution in [1.82, 2.24) is 21.0 Å². The number of fused-ring (bicyclic) bond motifs is 1. The van der Waals surface area contributed by atoms with Crippen molar-refractivity contribution in [2.45, 2.75) is 0 Å². The lowest BCUT2D eigenvalue weighted by Crippen LogP contribution is -2.42. The van der Waals surface area contributed by atoms with Gasteiger partial charge < -0.3 is 4.52 Å². The number of amides is 2. The standard InChI is InChI=1S/C20H13ClN4O3/c21-14-6-3-5-13(10-14)18-11-17(25-28-18)20(27)24-23-19(26)16-9-8-12-4-1-2-7-15(12)22-16/h1-11H,(H,23,26)(H,24,27). The molecular formula is C20H13ClN4O3. The van der Waals surface area contributed by atoms with Crippen LogP contribution in [0.1, 0.15) is 21.0 Å². The molecule has 4 aromatic rings. The van der Waals surface area contributed by atoms with Crippen LogP contribution in [0.25, 0.3) is 22.2 Å². The Kier molecular flexibility index (Phi) is 4.74. The minimum absolute atomic E-state index is 0.0155. The zero-order valence-corrected chi connectivity index (χ0v) is 15.1. The zero-order valence-electron chi connectivity index (χ0n) is 14.3. The minimum atomic E-state index is -0.619. The first kappa shape index (κ1) is 17.7. The van der Waals surface area contributed by atoms with E-state index in [1.807, 2.05) is 18.2 Å². The van der Waals surface area contributed by atoms with E-state index in [1.54, 1.807) is 42.5 Å². The maximum absolute atomic E-state index is 12.2. The lowest BCUT2D eigenvalue weighted by molar-refractivity contribution is 0.0839. The van der Waals surface area contributed by atoms with E-state index in [4.69, 9.17) is 16.1 Å². The molecule has 0 aliphatic rings. The highest BCUT2D eigenvalue weighted by Crippen LogP contribution is 2.23. The lowest BCUT2D eigenvalue weighted by Gasteiger charge is -2.06. The van der Waals surface area contributed by atoms with E-state index in [-0.39, 0.29) is 11.4 Å². The van der Waals surface area contributed by atoms with Crippen LogP contribution >= 0.6 is 11.6 Å². The van der Waals surface area contributed by atoms with Crippen molar-refractivity contribution in [2.24, 2.45) is 0 Å². The van der Waals surface area contributed by atoms with Gasteiger partial charge in [0.2, 0.25) is 0 Å². The largest absolute Gasteiger partial charge is 0.355 e. The van der Waals surface area contributed by atoms with Gasteiger partial charge in [-0.15, -0.1) is 0 Å². The van der Waals surface area contributed by atoms with Crippen LogP contribution in [0, 0.1) is 0 Å². The number of rotatable bonds is 3. The first-order valence-corrected chi connectivity index (χ1v) is 8.67. The molecule has 0 atom stereocenters. The molecule has 28 heavy (non-hydrogen) atoms. The van der Waals surface area contributed by atoms with Crippen LogP contribution in [0.3, 0.4) is 0 Å². The van der Waals surface area contributed by atoms with E-state index in [0.717, 1.165) is 5.39 Å². The number of hydrogen-bond donors (Lipinski definition) is 2. The van der Waals surface area contributed by atoms with Crippen molar-refractivity contribution < 1.29 is 14.1 Å². The van der Waals surface area contributed by atoms with Gasteiger partial charge >= 0.3 is 0 Å². The number of hydrogen-bond acceptors (Lipinski definition) is 5. The number of carbonyl (C=O) groups is 2. The SMILES string of the molecule is O=C(NNC(=O)c1ccc2ccccc2n1)c1cc(-c2cccc(Cl)c2)on1.